The quantitative estimate of drug-likeness (QED) is 0.922. The van der Waals surface area contributed by atoms with Crippen LogP contribution in [-0.4, -0.2) is 14.5 Å². The van der Waals surface area contributed by atoms with Gasteiger partial charge < -0.3 is 5.73 Å². The number of anilines is 1. The Labute approximate surface area is 131 Å². The Kier molecular flexibility index (Phi) is 5.16. The molecular formula is C17H26N4O. The zero-order valence-electron chi connectivity index (χ0n) is 14.0. The summed E-state index contributed by atoms with van der Waals surface area (Å²) < 4.78 is 1.77. The topological polar surface area (TPSA) is 73.8 Å². The fourth-order valence-corrected chi connectivity index (χ4v) is 2.23. The fraction of sp³-hybridized carbons (Fsp3) is 0.588. The van der Waals surface area contributed by atoms with Crippen LogP contribution in [0.4, 0.5) is 5.69 Å². The Hall–Kier alpha value is -1.91. The van der Waals surface area contributed by atoms with Crippen LogP contribution < -0.4 is 11.3 Å². The molecule has 120 valence electrons. The second kappa shape index (κ2) is 6.90. The maximum atomic E-state index is 12.0. The fourth-order valence-electron chi connectivity index (χ4n) is 2.23. The largest absolute Gasteiger partial charge is 0.398 e. The summed E-state index contributed by atoms with van der Waals surface area (Å²) in [5.74, 6) is 1.55. The molecule has 2 aromatic heterocycles. The first kappa shape index (κ1) is 16.5. The van der Waals surface area contributed by atoms with Crippen LogP contribution in [0.1, 0.15) is 58.3 Å². The highest BCUT2D eigenvalue weighted by Gasteiger charge is 2.23. The van der Waals surface area contributed by atoms with Gasteiger partial charge in [-0.1, -0.05) is 27.2 Å². The van der Waals surface area contributed by atoms with Gasteiger partial charge in [-0.2, -0.15) is 0 Å². The van der Waals surface area contributed by atoms with Gasteiger partial charge >= 0.3 is 0 Å². The molecule has 0 unspecified atom stereocenters. The van der Waals surface area contributed by atoms with E-state index in [-0.39, 0.29) is 11.6 Å². The Balaban J connectivity index is 0.000000309. The third kappa shape index (κ3) is 3.46. The third-order valence-corrected chi connectivity index (χ3v) is 4.20. The zero-order valence-corrected chi connectivity index (χ0v) is 14.0. The predicted molar refractivity (Wildman–Crippen MR) is 91.0 cm³/mol. The normalized spacial score (nSPS) is 14.6. The van der Waals surface area contributed by atoms with Crippen LogP contribution in [0.5, 0.6) is 0 Å². The van der Waals surface area contributed by atoms with E-state index in [9.17, 15) is 4.79 Å². The van der Waals surface area contributed by atoms with Gasteiger partial charge in [-0.25, -0.2) is 9.97 Å². The number of hydrogen-bond acceptors (Lipinski definition) is 4. The minimum Gasteiger partial charge on any atom is -0.398 e. The molecular weight excluding hydrogens is 276 g/mol. The van der Waals surface area contributed by atoms with E-state index in [0.717, 1.165) is 24.1 Å². The molecule has 1 fully saturated rings. The second-order valence-corrected chi connectivity index (χ2v) is 6.35. The Morgan fingerprint density at radius 2 is 2.05 bits per heavy atom. The van der Waals surface area contributed by atoms with E-state index in [2.05, 4.69) is 30.7 Å². The standard InChI is InChI=1S/C12H14N4O.C5H12/c1-7-14-6-9-10(13)5-11(17)16(12(9)15-7)8-3-2-4-8;1-4-5(2)3/h5-6,8H,2-4,13H2,1H3;5H,4H2,1-3H3. The van der Waals surface area contributed by atoms with Gasteiger partial charge in [-0.15, -0.1) is 0 Å². The molecule has 0 bridgehead atoms. The van der Waals surface area contributed by atoms with E-state index in [1.54, 1.807) is 10.8 Å². The van der Waals surface area contributed by atoms with Crippen LogP contribution in [0.3, 0.4) is 0 Å². The predicted octanol–water partition coefficient (Wildman–Crippen LogP) is 3.46. The summed E-state index contributed by atoms with van der Waals surface area (Å²) in [5, 5.41) is 0.766. The molecule has 5 nitrogen and oxygen atoms in total. The third-order valence-electron chi connectivity index (χ3n) is 4.20. The van der Waals surface area contributed by atoms with Crippen molar-refractivity contribution in [1.82, 2.24) is 14.5 Å². The van der Waals surface area contributed by atoms with Gasteiger partial charge in [0.1, 0.15) is 11.5 Å². The van der Waals surface area contributed by atoms with E-state index in [4.69, 9.17) is 5.73 Å². The maximum absolute atomic E-state index is 12.0. The number of fused-ring (bicyclic) bond motifs is 1. The first-order valence-electron chi connectivity index (χ1n) is 8.08. The molecule has 22 heavy (non-hydrogen) atoms. The number of aryl methyl sites for hydroxylation is 1. The van der Waals surface area contributed by atoms with Crippen molar-refractivity contribution in [2.24, 2.45) is 5.92 Å². The van der Waals surface area contributed by atoms with Gasteiger partial charge in [-0.05, 0) is 32.1 Å². The number of nitrogens with two attached hydrogens (primary N) is 1. The van der Waals surface area contributed by atoms with Gasteiger partial charge in [0.25, 0.3) is 5.56 Å². The van der Waals surface area contributed by atoms with Gasteiger partial charge in [-0.3, -0.25) is 9.36 Å². The Morgan fingerprint density at radius 3 is 2.55 bits per heavy atom. The lowest BCUT2D eigenvalue weighted by molar-refractivity contribution is 0.313. The van der Waals surface area contributed by atoms with Crippen molar-refractivity contribution in [3.8, 4) is 0 Å². The summed E-state index contributed by atoms with van der Waals surface area (Å²) >= 11 is 0. The van der Waals surface area contributed by atoms with E-state index in [1.807, 2.05) is 6.92 Å². The van der Waals surface area contributed by atoms with Crippen LogP contribution in [-0.2, 0) is 0 Å². The maximum Gasteiger partial charge on any atom is 0.254 e. The molecule has 1 aliphatic carbocycles. The zero-order chi connectivity index (χ0) is 16.3. The Morgan fingerprint density at radius 1 is 1.41 bits per heavy atom. The lowest BCUT2D eigenvalue weighted by Crippen LogP contribution is -2.29. The molecule has 0 aliphatic heterocycles. The second-order valence-electron chi connectivity index (χ2n) is 6.35. The van der Waals surface area contributed by atoms with Crippen molar-refractivity contribution in [3.63, 3.8) is 0 Å². The van der Waals surface area contributed by atoms with Crippen molar-refractivity contribution in [2.75, 3.05) is 5.73 Å². The van der Waals surface area contributed by atoms with Crippen molar-refractivity contribution in [3.05, 3.63) is 28.4 Å². The minimum atomic E-state index is -0.0576. The van der Waals surface area contributed by atoms with Gasteiger partial charge in [0.05, 0.1) is 5.39 Å². The summed E-state index contributed by atoms with van der Waals surface area (Å²) in [6.07, 6.45) is 6.26. The molecule has 0 radical (unpaired) electrons. The lowest BCUT2D eigenvalue weighted by Gasteiger charge is -2.28. The molecule has 1 saturated carbocycles. The van der Waals surface area contributed by atoms with Crippen LogP contribution in [0.25, 0.3) is 11.0 Å². The van der Waals surface area contributed by atoms with Gasteiger partial charge in [0.2, 0.25) is 0 Å². The number of nitrogens with zero attached hydrogens (tertiary/aromatic N) is 3. The highest BCUT2D eigenvalue weighted by atomic mass is 16.1. The highest BCUT2D eigenvalue weighted by Crippen LogP contribution is 2.32. The monoisotopic (exact) mass is 302 g/mol. The summed E-state index contributed by atoms with van der Waals surface area (Å²) in [7, 11) is 0. The minimum absolute atomic E-state index is 0.0576. The smallest absolute Gasteiger partial charge is 0.254 e. The van der Waals surface area contributed by atoms with Gasteiger partial charge in [0, 0.05) is 24.0 Å². The van der Waals surface area contributed by atoms with Crippen molar-refractivity contribution >= 4 is 16.7 Å². The molecule has 2 N–H and O–H groups in total. The van der Waals surface area contributed by atoms with Crippen molar-refractivity contribution < 1.29 is 0 Å². The number of nitrogen functional groups attached to an aromatic ring is 1. The average molecular weight is 302 g/mol. The molecule has 0 spiro atoms. The number of aromatic nitrogens is 3. The summed E-state index contributed by atoms with van der Waals surface area (Å²) in [4.78, 5) is 20.5. The lowest BCUT2D eigenvalue weighted by atomic mass is 9.92. The molecule has 2 aromatic rings. The van der Waals surface area contributed by atoms with E-state index in [0.29, 0.717) is 17.2 Å². The molecule has 5 heteroatoms. The highest BCUT2D eigenvalue weighted by molar-refractivity contribution is 5.86. The molecule has 0 aromatic carbocycles. The van der Waals surface area contributed by atoms with Crippen molar-refractivity contribution in [1.29, 1.82) is 0 Å². The first-order valence-corrected chi connectivity index (χ1v) is 8.08. The van der Waals surface area contributed by atoms with E-state index < -0.39 is 0 Å². The molecule has 3 rings (SSSR count). The van der Waals surface area contributed by atoms with E-state index in [1.165, 1.54) is 18.9 Å². The summed E-state index contributed by atoms with van der Waals surface area (Å²) in [6.45, 7) is 8.46. The first-order chi connectivity index (χ1) is 10.4. The molecule has 0 amide bonds. The summed E-state index contributed by atoms with van der Waals surface area (Å²) in [6, 6.07) is 1.75. The Bertz CT molecular complexity index is 702. The SMILES string of the molecule is CCC(C)C.Cc1ncc2c(N)cc(=O)n(C3CCC3)c2n1. The van der Waals surface area contributed by atoms with E-state index >= 15 is 0 Å². The molecule has 0 saturated heterocycles. The van der Waals surface area contributed by atoms with Crippen LogP contribution in [0.15, 0.2) is 17.1 Å². The van der Waals surface area contributed by atoms with Crippen LogP contribution in [0.2, 0.25) is 0 Å². The molecule has 2 heterocycles. The number of pyridine rings is 1. The number of hydrogen-bond donors (Lipinski definition) is 1. The van der Waals surface area contributed by atoms with Crippen LogP contribution >= 0.6 is 0 Å². The molecule has 0 atom stereocenters. The van der Waals surface area contributed by atoms with Crippen LogP contribution in [0, 0.1) is 12.8 Å². The average Bonchev–Trinajstić information content (AvgIpc) is 2.41. The van der Waals surface area contributed by atoms with Crippen molar-refractivity contribution in [2.45, 2.75) is 59.4 Å². The molecule has 1 aliphatic rings. The number of rotatable bonds is 2. The van der Waals surface area contributed by atoms with Gasteiger partial charge in [0.15, 0.2) is 0 Å². The summed E-state index contributed by atoms with van der Waals surface area (Å²) in [5.41, 5.74) is 6.92.